The van der Waals surface area contributed by atoms with Crippen molar-refractivity contribution in [3.63, 3.8) is 0 Å². The first-order valence-corrected chi connectivity index (χ1v) is 3.50. The smallest absolute Gasteiger partial charge is 0.252 e. The van der Waals surface area contributed by atoms with Crippen molar-refractivity contribution in [2.24, 2.45) is 0 Å². The molecule has 0 aromatic heterocycles. The van der Waals surface area contributed by atoms with E-state index >= 15 is 0 Å². The summed E-state index contributed by atoms with van der Waals surface area (Å²) >= 11 is 5.13. The molecule has 0 unspecified atom stereocenters. The summed E-state index contributed by atoms with van der Waals surface area (Å²) in [5.74, 6) is -1.27. The fourth-order valence-electron chi connectivity index (χ4n) is 0.737. The maximum atomic E-state index is 10.5. The van der Waals surface area contributed by atoms with Crippen LogP contribution >= 0.6 is 11.6 Å². The minimum Gasteiger partial charge on any atom is -0.545 e. The number of halogens is 1. The van der Waals surface area contributed by atoms with E-state index in [1.54, 1.807) is 0 Å². The number of carboxylic acid groups (broad SMARTS) is 1. The van der Waals surface area contributed by atoms with Crippen molar-refractivity contribution in [2.45, 2.75) is 0 Å². The van der Waals surface area contributed by atoms with Crippen molar-refractivity contribution >= 4 is 22.8 Å². The van der Waals surface area contributed by atoms with Crippen molar-refractivity contribution in [1.82, 2.24) is 0 Å². The van der Waals surface area contributed by atoms with Gasteiger partial charge in [0.05, 0.1) is 5.97 Å². The summed E-state index contributed by atoms with van der Waals surface area (Å²) in [6.45, 7) is 0. The summed E-state index contributed by atoms with van der Waals surface area (Å²) < 4.78 is 0. The summed E-state index contributed by atoms with van der Waals surface area (Å²) in [5.41, 5.74) is 0.290. The van der Waals surface area contributed by atoms with Gasteiger partial charge in [-0.3, -0.25) is 4.79 Å². The fraction of sp³-hybridized carbons (Fsp3) is 0. The van der Waals surface area contributed by atoms with E-state index in [2.05, 4.69) is 0 Å². The normalized spacial score (nSPS) is 9.42. The molecular formula is C8H4ClO3-. The van der Waals surface area contributed by atoms with Gasteiger partial charge >= 0.3 is 0 Å². The summed E-state index contributed by atoms with van der Waals surface area (Å²) in [4.78, 5) is 20.8. The van der Waals surface area contributed by atoms with Crippen molar-refractivity contribution < 1.29 is 14.7 Å². The van der Waals surface area contributed by atoms with E-state index in [0.717, 1.165) is 0 Å². The zero-order valence-electron chi connectivity index (χ0n) is 5.91. The summed E-state index contributed by atoms with van der Waals surface area (Å²) in [6.07, 6.45) is 0. The second-order valence-corrected chi connectivity index (χ2v) is 2.48. The number of rotatable bonds is 2. The SMILES string of the molecule is O=C([O-])c1ccc(C(=O)Cl)cc1. The van der Waals surface area contributed by atoms with Gasteiger partial charge in [0.25, 0.3) is 5.24 Å². The van der Waals surface area contributed by atoms with Crippen molar-refractivity contribution in [3.8, 4) is 0 Å². The van der Waals surface area contributed by atoms with E-state index in [9.17, 15) is 14.7 Å². The summed E-state index contributed by atoms with van der Waals surface area (Å²) in [7, 11) is 0. The van der Waals surface area contributed by atoms with Crippen LogP contribution < -0.4 is 5.11 Å². The van der Waals surface area contributed by atoms with Gasteiger partial charge in [-0.15, -0.1) is 0 Å². The maximum Gasteiger partial charge on any atom is 0.252 e. The lowest BCUT2D eigenvalue weighted by atomic mass is 10.1. The Bertz CT molecular complexity index is 283. The van der Waals surface area contributed by atoms with Crippen LogP contribution in [0.25, 0.3) is 0 Å². The second kappa shape index (κ2) is 3.36. The third kappa shape index (κ3) is 1.83. The second-order valence-electron chi connectivity index (χ2n) is 2.14. The summed E-state index contributed by atoms with van der Waals surface area (Å²) in [6, 6.07) is 5.21. The fourth-order valence-corrected chi connectivity index (χ4v) is 0.863. The van der Waals surface area contributed by atoms with Crippen LogP contribution in [0.3, 0.4) is 0 Å². The molecule has 1 aromatic carbocycles. The Labute approximate surface area is 73.6 Å². The third-order valence-electron chi connectivity index (χ3n) is 1.35. The molecule has 0 bridgehead atoms. The van der Waals surface area contributed by atoms with Gasteiger partial charge in [0.1, 0.15) is 0 Å². The highest BCUT2D eigenvalue weighted by atomic mass is 35.5. The zero-order valence-corrected chi connectivity index (χ0v) is 6.67. The Balaban J connectivity index is 3.01. The molecule has 4 heteroatoms. The maximum absolute atomic E-state index is 10.5. The molecule has 0 heterocycles. The Morgan fingerprint density at radius 1 is 1.08 bits per heavy atom. The highest BCUT2D eigenvalue weighted by molar-refractivity contribution is 6.67. The van der Waals surface area contributed by atoms with E-state index in [1.165, 1.54) is 24.3 Å². The van der Waals surface area contributed by atoms with Crippen molar-refractivity contribution in [1.29, 1.82) is 0 Å². The monoisotopic (exact) mass is 183 g/mol. The van der Waals surface area contributed by atoms with Gasteiger partial charge in [-0.25, -0.2) is 0 Å². The molecule has 12 heavy (non-hydrogen) atoms. The molecule has 0 aliphatic carbocycles. The predicted octanol–water partition coefficient (Wildman–Crippen LogP) is 0.429. The lowest BCUT2D eigenvalue weighted by Gasteiger charge is -2.00. The van der Waals surface area contributed by atoms with E-state index in [4.69, 9.17) is 11.6 Å². The Kier molecular flexibility index (Phi) is 2.45. The van der Waals surface area contributed by atoms with Crippen LogP contribution in [-0.2, 0) is 0 Å². The van der Waals surface area contributed by atoms with Gasteiger partial charge in [-0.1, -0.05) is 12.1 Å². The molecule has 0 aliphatic rings. The lowest BCUT2D eigenvalue weighted by molar-refractivity contribution is -0.255. The Morgan fingerprint density at radius 2 is 1.50 bits per heavy atom. The van der Waals surface area contributed by atoms with E-state index in [0.29, 0.717) is 0 Å². The molecule has 0 saturated heterocycles. The highest BCUT2D eigenvalue weighted by Crippen LogP contribution is 2.05. The minimum absolute atomic E-state index is 0.0247. The van der Waals surface area contributed by atoms with E-state index < -0.39 is 11.2 Å². The van der Waals surface area contributed by atoms with Crippen LogP contribution in [0.4, 0.5) is 0 Å². The largest absolute Gasteiger partial charge is 0.545 e. The average Bonchev–Trinajstić information content (AvgIpc) is 2.04. The number of carboxylic acids is 1. The molecule has 0 atom stereocenters. The number of hydrogen-bond acceptors (Lipinski definition) is 3. The van der Waals surface area contributed by atoms with Crippen LogP contribution in [0.1, 0.15) is 20.7 Å². The number of carbonyl (C=O) groups is 2. The summed E-state index contributed by atoms with van der Waals surface area (Å²) in [5, 5.41) is 9.64. The number of aromatic carboxylic acids is 1. The van der Waals surface area contributed by atoms with Crippen LogP contribution in [-0.4, -0.2) is 11.2 Å². The van der Waals surface area contributed by atoms with Crippen molar-refractivity contribution in [2.75, 3.05) is 0 Å². The number of carbonyl (C=O) groups excluding carboxylic acids is 2. The molecule has 0 radical (unpaired) electrons. The molecule has 0 amide bonds. The molecule has 0 saturated carbocycles. The predicted molar refractivity (Wildman–Crippen MR) is 41.0 cm³/mol. The molecule has 1 aromatic rings. The lowest BCUT2D eigenvalue weighted by Crippen LogP contribution is -2.22. The molecule has 0 fully saturated rings. The minimum atomic E-state index is -1.27. The van der Waals surface area contributed by atoms with E-state index in [1.807, 2.05) is 0 Å². The number of benzene rings is 1. The third-order valence-corrected chi connectivity index (χ3v) is 1.57. The average molecular weight is 184 g/mol. The van der Waals surface area contributed by atoms with E-state index in [-0.39, 0.29) is 11.1 Å². The van der Waals surface area contributed by atoms with Gasteiger partial charge in [0.2, 0.25) is 0 Å². The standard InChI is InChI=1S/C8H5ClO3/c9-7(10)5-1-3-6(4-2-5)8(11)12/h1-4H,(H,11,12)/p-1. The number of hydrogen-bond donors (Lipinski definition) is 0. The highest BCUT2D eigenvalue weighted by Gasteiger charge is 2.00. The first-order chi connectivity index (χ1) is 5.61. The van der Waals surface area contributed by atoms with Crippen LogP contribution in [0.2, 0.25) is 0 Å². The molecule has 0 aliphatic heterocycles. The Hall–Kier alpha value is -1.35. The topological polar surface area (TPSA) is 57.2 Å². The quantitative estimate of drug-likeness (QED) is 0.625. The van der Waals surface area contributed by atoms with Gasteiger partial charge < -0.3 is 9.90 Å². The molecule has 3 nitrogen and oxygen atoms in total. The van der Waals surface area contributed by atoms with Gasteiger partial charge in [-0.05, 0) is 29.3 Å². The molecule has 62 valence electrons. The molecule has 0 spiro atoms. The van der Waals surface area contributed by atoms with Crippen molar-refractivity contribution in [3.05, 3.63) is 35.4 Å². The van der Waals surface area contributed by atoms with Crippen LogP contribution in [0.5, 0.6) is 0 Å². The Morgan fingerprint density at radius 3 is 1.83 bits per heavy atom. The van der Waals surface area contributed by atoms with Gasteiger partial charge in [0.15, 0.2) is 0 Å². The van der Waals surface area contributed by atoms with Crippen LogP contribution in [0.15, 0.2) is 24.3 Å². The molecular weight excluding hydrogens is 180 g/mol. The first-order valence-electron chi connectivity index (χ1n) is 3.12. The van der Waals surface area contributed by atoms with Gasteiger partial charge in [0, 0.05) is 5.56 Å². The van der Waals surface area contributed by atoms with Crippen LogP contribution in [0, 0.1) is 0 Å². The zero-order chi connectivity index (χ0) is 9.14. The molecule has 0 N–H and O–H groups in total. The molecule has 1 rings (SSSR count). The van der Waals surface area contributed by atoms with Gasteiger partial charge in [-0.2, -0.15) is 0 Å². The first kappa shape index (κ1) is 8.74.